The molecule has 0 N–H and O–H groups in total. The molecule has 0 saturated carbocycles. The van der Waals surface area contributed by atoms with Crippen LogP contribution in [0, 0.1) is 5.92 Å². The van der Waals surface area contributed by atoms with Crippen molar-refractivity contribution in [2.45, 2.75) is 38.6 Å². The van der Waals surface area contributed by atoms with E-state index in [1.54, 1.807) is 0 Å². The lowest BCUT2D eigenvalue weighted by Crippen LogP contribution is -2.34. The third-order valence-corrected chi connectivity index (χ3v) is 4.51. The van der Waals surface area contributed by atoms with Crippen molar-refractivity contribution < 1.29 is 0 Å². The van der Waals surface area contributed by atoms with Gasteiger partial charge in [0.05, 0.1) is 0 Å². The van der Waals surface area contributed by atoms with Gasteiger partial charge in [-0.25, -0.2) is 4.98 Å². The highest BCUT2D eigenvalue weighted by Crippen LogP contribution is 2.27. The Bertz CT molecular complexity index is 459. The number of alkyl halides is 1. The Labute approximate surface area is 127 Å². The molecular weight excluding hydrogens is 270 g/mol. The van der Waals surface area contributed by atoms with Crippen LogP contribution in [0.15, 0.2) is 12.1 Å². The standard InChI is InChI=1S/C16H26ClN3/c1-11(2)14-6-13(8-17)7-16(18-14)20-9-12(3)15(10-20)19(4)5/h6-7,11-12,15H,8-10H2,1-5H3. The highest BCUT2D eigenvalue weighted by molar-refractivity contribution is 6.17. The summed E-state index contributed by atoms with van der Waals surface area (Å²) in [5, 5.41) is 0. The van der Waals surface area contributed by atoms with Crippen LogP contribution >= 0.6 is 11.6 Å². The topological polar surface area (TPSA) is 19.4 Å². The zero-order chi connectivity index (χ0) is 14.9. The van der Waals surface area contributed by atoms with Crippen molar-refractivity contribution >= 4 is 17.4 Å². The summed E-state index contributed by atoms with van der Waals surface area (Å²) < 4.78 is 0. The Morgan fingerprint density at radius 2 is 2.05 bits per heavy atom. The minimum atomic E-state index is 0.432. The predicted octanol–water partition coefficient (Wildman–Crippen LogP) is 3.33. The van der Waals surface area contributed by atoms with E-state index in [1.165, 1.54) is 5.56 Å². The fraction of sp³-hybridized carbons (Fsp3) is 0.688. The Morgan fingerprint density at radius 1 is 1.35 bits per heavy atom. The first-order valence-corrected chi connectivity index (χ1v) is 7.94. The van der Waals surface area contributed by atoms with Gasteiger partial charge in [0, 0.05) is 30.7 Å². The number of likely N-dealkylation sites (N-methyl/N-ethyl adjacent to an activating group) is 1. The lowest BCUT2D eigenvalue weighted by Gasteiger charge is -2.23. The molecule has 112 valence electrons. The number of hydrogen-bond acceptors (Lipinski definition) is 3. The summed E-state index contributed by atoms with van der Waals surface area (Å²) in [6, 6.07) is 4.87. The van der Waals surface area contributed by atoms with Crippen molar-refractivity contribution in [3.8, 4) is 0 Å². The smallest absolute Gasteiger partial charge is 0.129 e. The first-order chi connectivity index (χ1) is 9.42. The maximum Gasteiger partial charge on any atom is 0.129 e. The van der Waals surface area contributed by atoms with Gasteiger partial charge in [0.2, 0.25) is 0 Å². The van der Waals surface area contributed by atoms with Crippen LogP contribution in [-0.2, 0) is 5.88 Å². The molecule has 0 radical (unpaired) electrons. The molecule has 0 aliphatic carbocycles. The lowest BCUT2D eigenvalue weighted by atomic mass is 10.1. The van der Waals surface area contributed by atoms with Gasteiger partial charge < -0.3 is 9.80 Å². The van der Waals surface area contributed by atoms with E-state index < -0.39 is 0 Å². The fourth-order valence-corrected chi connectivity index (χ4v) is 3.09. The second kappa shape index (κ2) is 6.31. The number of rotatable bonds is 4. The summed E-state index contributed by atoms with van der Waals surface area (Å²) in [7, 11) is 4.32. The van der Waals surface area contributed by atoms with Gasteiger partial charge in [-0.15, -0.1) is 11.6 Å². The van der Waals surface area contributed by atoms with Crippen LogP contribution in [0.3, 0.4) is 0 Å². The Morgan fingerprint density at radius 3 is 2.55 bits per heavy atom. The van der Waals surface area contributed by atoms with E-state index in [0.717, 1.165) is 24.6 Å². The first-order valence-electron chi connectivity index (χ1n) is 7.40. The molecule has 20 heavy (non-hydrogen) atoms. The van der Waals surface area contributed by atoms with Gasteiger partial charge in [-0.05, 0) is 43.6 Å². The molecule has 0 amide bonds. The van der Waals surface area contributed by atoms with Crippen LogP contribution < -0.4 is 4.90 Å². The molecule has 1 aliphatic heterocycles. The van der Waals surface area contributed by atoms with Gasteiger partial charge in [-0.1, -0.05) is 20.8 Å². The first kappa shape index (κ1) is 15.6. The predicted molar refractivity (Wildman–Crippen MR) is 86.7 cm³/mol. The van der Waals surface area contributed by atoms with Gasteiger partial charge in [0.15, 0.2) is 0 Å². The monoisotopic (exact) mass is 295 g/mol. The van der Waals surface area contributed by atoms with Crippen LogP contribution in [0.4, 0.5) is 5.82 Å². The zero-order valence-corrected chi connectivity index (χ0v) is 14.0. The van der Waals surface area contributed by atoms with E-state index >= 15 is 0 Å². The summed E-state index contributed by atoms with van der Waals surface area (Å²) in [6.07, 6.45) is 0. The summed E-state index contributed by atoms with van der Waals surface area (Å²) in [6.45, 7) is 8.79. The second-order valence-corrected chi connectivity index (χ2v) is 6.73. The molecule has 4 heteroatoms. The number of pyridine rings is 1. The van der Waals surface area contributed by atoms with Crippen molar-refractivity contribution in [2.75, 3.05) is 32.1 Å². The number of anilines is 1. The molecule has 1 fully saturated rings. The summed E-state index contributed by atoms with van der Waals surface area (Å²) >= 11 is 6.04. The number of nitrogens with zero attached hydrogens (tertiary/aromatic N) is 3. The molecule has 1 aromatic heterocycles. The van der Waals surface area contributed by atoms with Gasteiger partial charge in [-0.3, -0.25) is 0 Å². The number of hydrogen-bond donors (Lipinski definition) is 0. The SMILES string of the molecule is CC(C)c1cc(CCl)cc(N2CC(C)C(N(C)C)C2)n1. The van der Waals surface area contributed by atoms with Gasteiger partial charge in [0.1, 0.15) is 5.82 Å². The molecule has 3 nitrogen and oxygen atoms in total. The fourth-order valence-electron chi connectivity index (χ4n) is 2.94. The van der Waals surface area contributed by atoms with E-state index in [9.17, 15) is 0 Å². The lowest BCUT2D eigenvalue weighted by molar-refractivity contribution is 0.266. The Kier molecular flexibility index (Phi) is 4.92. The van der Waals surface area contributed by atoms with Crippen LogP contribution in [0.5, 0.6) is 0 Å². The molecule has 2 rings (SSSR count). The molecule has 1 aromatic rings. The van der Waals surface area contributed by atoms with Crippen molar-refractivity contribution in [3.63, 3.8) is 0 Å². The van der Waals surface area contributed by atoms with E-state index in [-0.39, 0.29) is 0 Å². The van der Waals surface area contributed by atoms with Crippen LogP contribution in [0.1, 0.15) is 37.9 Å². The molecule has 0 aromatic carbocycles. The highest BCUT2D eigenvalue weighted by Gasteiger charge is 2.31. The van der Waals surface area contributed by atoms with Crippen LogP contribution in [0.25, 0.3) is 0 Å². The highest BCUT2D eigenvalue weighted by atomic mass is 35.5. The third kappa shape index (κ3) is 3.26. The van der Waals surface area contributed by atoms with Crippen LogP contribution in [-0.4, -0.2) is 43.1 Å². The quantitative estimate of drug-likeness (QED) is 0.794. The molecule has 1 aliphatic rings. The van der Waals surface area contributed by atoms with Crippen molar-refractivity contribution in [1.82, 2.24) is 9.88 Å². The van der Waals surface area contributed by atoms with Gasteiger partial charge in [0.25, 0.3) is 0 Å². The zero-order valence-electron chi connectivity index (χ0n) is 13.2. The van der Waals surface area contributed by atoms with Crippen molar-refractivity contribution in [3.05, 3.63) is 23.4 Å². The second-order valence-electron chi connectivity index (χ2n) is 6.46. The largest absolute Gasteiger partial charge is 0.355 e. The minimum absolute atomic E-state index is 0.432. The van der Waals surface area contributed by atoms with Gasteiger partial charge >= 0.3 is 0 Å². The minimum Gasteiger partial charge on any atom is -0.355 e. The molecule has 2 unspecified atom stereocenters. The average Bonchev–Trinajstić information content (AvgIpc) is 2.80. The maximum absolute atomic E-state index is 6.04. The van der Waals surface area contributed by atoms with Gasteiger partial charge in [-0.2, -0.15) is 0 Å². The van der Waals surface area contributed by atoms with E-state index in [2.05, 4.69) is 56.8 Å². The average molecular weight is 296 g/mol. The van der Waals surface area contributed by atoms with E-state index in [1.807, 2.05) is 0 Å². The molecule has 2 heterocycles. The molecule has 0 bridgehead atoms. The number of halogens is 1. The summed E-state index contributed by atoms with van der Waals surface area (Å²) in [4.78, 5) is 9.56. The number of aromatic nitrogens is 1. The molecule has 1 saturated heterocycles. The summed E-state index contributed by atoms with van der Waals surface area (Å²) in [5.41, 5.74) is 2.31. The van der Waals surface area contributed by atoms with Crippen molar-refractivity contribution in [1.29, 1.82) is 0 Å². The van der Waals surface area contributed by atoms with E-state index in [0.29, 0.717) is 23.8 Å². The molecule has 2 atom stereocenters. The Hall–Kier alpha value is -0.800. The molecule has 0 spiro atoms. The maximum atomic E-state index is 6.04. The Balaban J connectivity index is 2.27. The van der Waals surface area contributed by atoms with Crippen LogP contribution in [0.2, 0.25) is 0 Å². The summed E-state index contributed by atoms with van der Waals surface area (Å²) in [5.74, 6) is 2.73. The third-order valence-electron chi connectivity index (χ3n) is 4.20. The normalized spacial score (nSPS) is 23.1. The van der Waals surface area contributed by atoms with Crippen molar-refractivity contribution in [2.24, 2.45) is 5.92 Å². The molecular formula is C16H26ClN3. The van der Waals surface area contributed by atoms with E-state index in [4.69, 9.17) is 16.6 Å².